The highest BCUT2D eigenvalue weighted by Crippen LogP contribution is 2.39. The molecule has 19 heavy (non-hydrogen) atoms. The molecule has 2 aromatic rings. The van der Waals surface area contributed by atoms with Gasteiger partial charge in [-0.05, 0) is 35.9 Å². The van der Waals surface area contributed by atoms with E-state index in [4.69, 9.17) is 0 Å². The molecule has 2 nitrogen and oxygen atoms in total. The molecule has 1 aliphatic heterocycles. The van der Waals surface area contributed by atoms with E-state index in [1.807, 2.05) is 6.07 Å². The van der Waals surface area contributed by atoms with Crippen LogP contribution in [0.25, 0.3) is 5.57 Å². The lowest BCUT2D eigenvalue weighted by Crippen LogP contribution is -2.13. The number of aryl methyl sites for hydroxylation is 1. The second kappa shape index (κ2) is 5.02. The molecule has 1 aromatic heterocycles. The first-order valence-corrected chi connectivity index (χ1v) is 7.23. The molecular formula is C16H16N2S. The largest absolute Gasteiger partial charge is 0.353 e. The maximum Gasteiger partial charge on any atom is 0.113 e. The molecule has 1 N–H and O–H groups in total. The van der Waals surface area contributed by atoms with Crippen LogP contribution in [0.3, 0.4) is 0 Å². The molecule has 0 saturated heterocycles. The first-order valence-electron chi connectivity index (χ1n) is 6.35. The van der Waals surface area contributed by atoms with E-state index in [9.17, 15) is 0 Å². The summed E-state index contributed by atoms with van der Waals surface area (Å²) in [4.78, 5) is 5.98. The number of rotatable bonds is 2. The zero-order chi connectivity index (χ0) is 13.2. The Morgan fingerprint density at radius 2 is 1.95 bits per heavy atom. The molecule has 1 atom stereocenters. The van der Waals surface area contributed by atoms with E-state index in [2.05, 4.69) is 60.0 Å². The van der Waals surface area contributed by atoms with E-state index in [1.54, 1.807) is 17.7 Å². The molecule has 0 bridgehead atoms. The molecule has 2 heterocycles. The third kappa shape index (κ3) is 2.22. The van der Waals surface area contributed by atoms with Crippen molar-refractivity contribution in [3.05, 3.63) is 63.5 Å². The van der Waals surface area contributed by atoms with E-state index in [0.29, 0.717) is 0 Å². The predicted molar refractivity (Wildman–Crippen MR) is 82.6 cm³/mol. The van der Waals surface area contributed by atoms with E-state index in [1.165, 1.54) is 27.1 Å². The molecule has 3 rings (SSSR count). The van der Waals surface area contributed by atoms with Gasteiger partial charge < -0.3 is 5.32 Å². The van der Waals surface area contributed by atoms with Gasteiger partial charge in [0.2, 0.25) is 0 Å². The lowest BCUT2D eigenvalue weighted by Gasteiger charge is -2.20. The fourth-order valence-corrected chi connectivity index (χ4v) is 3.41. The Morgan fingerprint density at radius 3 is 2.63 bits per heavy atom. The molecule has 0 aliphatic carbocycles. The third-order valence-corrected chi connectivity index (χ3v) is 4.77. The molecule has 0 amide bonds. The summed E-state index contributed by atoms with van der Waals surface area (Å²) in [6, 6.07) is 10.6. The molecule has 96 valence electrons. The van der Waals surface area contributed by atoms with Crippen molar-refractivity contribution in [2.24, 2.45) is 4.99 Å². The summed E-state index contributed by atoms with van der Waals surface area (Å²) >= 11 is 1.80. The van der Waals surface area contributed by atoms with Gasteiger partial charge >= 0.3 is 0 Å². The average Bonchev–Trinajstić information content (AvgIpc) is 2.80. The van der Waals surface area contributed by atoms with Crippen LogP contribution >= 0.6 is 11.3 Å². The normalized spacial score (nSPS) is 18.0. The van der Waals surface area contributed by atoms with E-state index < -0.39 is 0 Å². The number of aliphatic imine (C=N–C) groups is 1. The smallest absolute Gasteiger partial charge is 0.113 e. The second-order valence-corrected chi connectivity index (χ2v) is 5.63. The van der Waals surface area contributed by atoms with Gasteiger partial charge in [0.05, 0.1) is 6.34 Å². The maximum absolute atomic E-state index is 4.64. The Balaban J connectivity index is 2.04. The number of hydrogen-bond acceptors (Lipinski definition) is 3. The van der Waals surface area contributed by atoms with Gasteiger partial charge in [-0.2, -0.15) is 0 Å². The van der Waals surface area contributed by atoms with Gasteiger partial charge in [-0.25, -0.2) is 0 Å². The van der Waals surface area contributed by atoms with Crippen molar-refractivity contribution >= 4 is 23.2 Å². The van der Waals surface area contributed by atoms with Crippen LogP contribution in [0.4, 0.5) is 0 Å². The number of benzene rings is 1. The van der Waals surface area contributed by atoms with E-state index >= 15 is 0 Å². The van der Waals surface area contributed by atoms with Crippen molar-refractivity contribution in [1.82, 2.24) is 5.32 Å². The molecule has 0 radical (unpaired) electrons. The molecular weight excluding hydrogens is 252 g/mol. The Morgan fingerprint density at radius 1 is 1.16 bits per heavy atom. The van der Waals surface area contributed by atoms with Crippen LogP contribution in [0.15, 0.2) is 46.9 Å². The van der Waals surface area contributed by atoms with Crippen LogP contribution in [0, 0.1) is 13.8 Å². The molecule has 1 unspecified atom stereocenters. The lowest BCUT2D eigenvalue weighted by atomic mass is 9.96. The molecule has 0 fully saturated rings. The van der Waals surface area contributed by atoms with Gasteiger partial charge in [-0.3, -0.25) is 4.99 Å². The van der Waals surface area contributed by atoms with Crippen molar-refractivity contribution in [3.63, 3.8) is 0 Å². The Hall–Kier alpha value is -1.87. The summed E-state index contributed by atoms with van der Waals surface area (Å²) in [5.74, 6) is 0. The van der Waals surface area contributed by atoms with Crippen LogP contribution < -0.4 is 5.32 Å². The van der Waals surface area contributed by atoms with Crippen molar-refractivity contribution in [1.29, 1.82) is 0 Å². The van der Waals surface area contributed by atoms with Crippen LogP contribution in [0.5, 0.6) is 0 Å². The molecule has 0 spiro atoms. The van der Waals surface area contributed by atoms with E-state index in [-0.39, 0.29) is 6.04 Å². The topological polar surface area (TPSA) is 24.4 Å². The molecule has 0 saturated carbocycles. The van der Waals surface area contributed by atoms with Crippen LogP contribution in [-0.4, -0.2) is 6.34 Å². The minimum absolute atomic E-state index is 0.113. The zero-order valence-electron chi connectivity index (χ0n) is 11.1. The summed E-state index contributed by atoms with van der Waals surface area (Å²) < 4.78 is 0. The van der Waals surface area contributed by atoms with Crippen LogP contribution in [-0.2, 0) is 0 Å². The van der Waals surface area contributed by atoms with Gasteiger partial charge in [-0.1, -0.05) is 30.3 Å². The highest BCUT2D eigenvalue weighted by atomic mass is 32.1. The summed E-state index contributed by atoms with van der Waals surface area (Å²) in [7, 11) is 0. The van der Waals surface area contributed by atoms with Crippen molar-refractivity contribution in [2.45, 2.75) is 19.9 Å². The Labute approximate surface area is 117 Å². The minimum Gasteiger partial charge on any atom is -0.353 e. The minimum atomic E-state index is 0.113. The third-order valence-electron chi connectivity index (χ3n) is 3.51. The van der Waals surface area contributed by atoms with E-state index in [0.717, 1.165) is 0 Å². The maximum atomic E-state index is 4.64. The molecule has 3 heteroatoms. The fourth-order valence-electron chi connectivity index (χ4n) is 2.28. The first kappa shape index (κ1) is 12.2. The van der Waals surface area contributed by atoms with Gasteiger partial charge in [0, 0.05) is 16.7 Å². The van der Waals surface area contributed by atoms with Crippen molar-refractivity contribution < 1.29 is 0 Å². The van der Waals surface area contributed by atoms with Gasteiger partial charge in [0.15, 0.2) is 0 Å². The molecule has 1 aromatic carbocycles. The summed E-state index contributed by atoms with van der Waals surface area (Å²) in [5.41, 5.74) is 5.16. The number of thiophene rings is 1. The second-order valence-electron chi connectivity index (χ2n) is 4.72. The number of nitrogens with zero attached hydrogens (tertiary/aromatic N) is 1. The summed E-state index contributed by atoms with van der Waals surface area (Å²) in [6.07, 6.45) is 3.84. The number of nitrogens with one attached hydrogen (secondary N) is 1. The quantitative estimate of drug-likeness (QED) is 0.872. The highest BCUT2D eigenvalue weighted by molar-refractivity contribution is 7.10. The Kier molecular flexibility index (Phi) is 3.22. The average molecular weight is 268 g/mol. The van der Waals surface area contributed by atoms with Crippen molar-refractivity contribution in [2.75, 3.05) is 0 Å². The van der Waals surface area contributed by atoms with Crippen molar-refractivity contribution in [3.8, 4) is 0 Å². The lowest BCUT2D eigenvalue weighted by molar-refractivity contribution is 0.917. The SMILES string of the molecule is Cc1csc(C2N=CNC=C2c2ccccc2)c1C. The first-order chi connectivity index (χ1) is 9.27. The molecule has 1 aliphatic rings. The zero-order valence-corrected chi connectivity index (χ0v) is 11.9. The van der Waals surface area contributed by atoms with Crippen LogP contribution in [0.1, 0.15) is 27.6 Å². The van der Waals surface area contributed by atoms with Crippen LogP contribution in [0.2, 0.25) is 0 Å². The monoisotopic (exact) mass is 268 g/mol. The fraction of sp³-hybridized carbons (Fsp3) is 0.188. The summed E-state index contributed by atoms with van der Waals surface area (Å²) in [5, 5.41) is 5.32. The van der Waals surface area contributed by atoms with Gasteiger partial charge in [-0.15, -0.1) is 11.3 Å². The van der Waals surface area contributed by atoms with Gasteiger partial charge in [0.1, 0.15) is 6.04 Å². The predicted octanol–water partition coefficient (Wildman–Crippen LogP) is 4.08. The Bertz CT molecular complexity index is 638. The van der Waals surface area contributed by atoms with Gasteiger partial charge in [0.25, 0.3) is 0 Å². The highest BCUT2D eigenvalue weighted by Gasteiger charge is 2.22. The summed E-state index contributed by atoms with van der Waals surface area (Å²) in [6.45, 7) is 4.34. The number of hydrogen-bond donors (Lipinski definition) is 1. The standard InChI is InChI=1S/C16H16N2S/c1-11-9-19-16(12(11)2)15-14(8-17-10-18-15)13-6-4-3-5-7-13/h3-10,15H,1-2H3,(H,17,18).